The predicted octanol–water partition coefficient (Wildman–Crippen LogP) is 4.73. The van der Waals surface area contributed by atoms with Crippen molar-refractivity contribution >= 4 is 27.3 Å². The number of likely N-dealkylation sites (N-methyl/N-ethyl adjacent to an activating group) is 1. The summed E-state index contributed by atoms with van der Waals surface area (Å²) in [4.78, 5) is 3.76. The number of aryl methyl sites for hydroxylation is 1. The molecule has 2 atom stereocenters. The average molecular weight is 367 g/mol. The number of halogens is 1. The molecule has 2 unspecified atom stereocenters. The Morgan fingerprint density at radius 1 is 1.29 bits per heavy atom. The second kappa shape index (κ2) is 7.54. The molecule has 0 aliphatic heterocycles. The van der Waals surface area contributed by atoms with Crippen LogP contribution in [0.1, 0.15) is 35.4 Å². The van der Waals surface area contributed by atoms with E-state index in [-0.39, 0.29) is 12.1 Å². The maximum absolute atomic E-state index is 6.42. The lowest BCUT2D eigenvalue weighted by Gasteiger charge is -2.32. The van der Waals surface area contributed by atoms with Gasteiger partial charge >= 0.3 is 0 Å². The molecule has 1 aromatic carbocycles. The Kier molecular flexibility index (Phi) is 5.99. The number of hydrogen-bond acceptors (Lipinski definition) is 3. The maximum Gasteiger partial charge on any atom is 0.0596 e. The van der Waals surface area contributed by atoms with Crippen LogP contribution < -0.4 is 5.73 Å². The standard InChI is InChI=1S/C17H23BrN2S/c1-4-15(19)16(17-12(2)9-10-21-17)20(3)11-13-7-5-6-8-14(13)18/h5-10,15-16H,4,11,19H2,1-3H3. The van der Waals surface area contributed by atoms with Crippen molar-refractivity contribution in [3.8, 4) is 0 Å². The van der Waals surface area contributed by atoms with Crippen LogP contribution in [0, 0.1) is 6.92 Å². The summed E-state index contributed by atoms with van der Waals surface area (Å²) in [5.41, 5.74) is 9.06. The van der Waals surface area contributed by atoms with Crippen LogP contribution in [0.2, 0.25) is 0 Å². The Morgan fingerprint density at radius 2 is 2.00 bits per heavy atom. The first-order valence-electron chi connectivity index (χ1n) is 7.27. The van der Waals surface area contributed by atoms with Crippen molar-refractivity contribution < 1.29 is 0 Å². The van der Waals surface area contributed by atoms with Gasteiger partial charge < -0.3 is 5.73 Å². The lowest BCUT2D eigenvalue weighted by Crippen LogP contribution is -2.38. The summed E-state index contributed by atoms with van der Waals surface area (Å²) in [6, 6.07) is 11.0. The van der Waals surface area contributed by atoms with Crippen molar-refractivity contribution in [3.05, 3.63) is 56.2 Å². The topological polar surface area (TPSA) is 29.3 Å². The van der Waals surface area contributed by atoms with E-state index in [1.165, 1.54) is 16.0 Å². The summed E-state index contributed by atoms with van der Waals surface area (Å²) in [6.45, 7) is 5.22. The van der Waals surface area contributed by atoms with Gasteiger partial charge in [0.15, 0.2) is 0 Å². The number of nitrogens with two attached hydrogens (primary N) is 1. The highest BCUT2D eigenvalue weighted by molar-refractivity contribution is 9.10. The van der Waals surface area contributed by atoms with Gasteiger partial charge in [-0.2, -0.15) is 0 Å². The van der Waals surface area contributed by atoms with E-state index < -0.39 is 0 Å². The Morgan fingerprint density at radius 3 is 2.57 bits per heavy atom. The van der Waals surface area contributed by atoms with Crippen LogP contribution >= 0.6 is 27.3 Å². The van der Waals surface area contributed by atoms with Gasteiger partial charge in [0.2, 0.25) is 0 Å². The van der Waals surface area contributed by atoms with E-state index in [0.717, 1.165) is 17.4 Å². The molecule has 2 nitrogen and oxygen atoms in total. The lowest BCUT2D eigenvalue weighted by atomic mass is 10.0. The molecule has 0 radical (unpaired) electrons. The minimum atomic E-state index is 0.148. The van der Waals surface area contributed by atoms with Crippen molar-refractivity contribution in [2.45, 2.75) is 38.9 Å². The summed E-state index contributed by atoms with van der Waals surface area (Å²) in [6.07, 6.45) is 0.975. The Balaban J connectivity index is 2.25. The Hall–Kier alpha value is -0.680. The molecular formula is C17H23BrN2S. The highest BCUT2D eigenvalue weighted by Gasteiger charge is 2.26. The molecule has 0 saturated carbocycles. The van der Waals surface area contributed by atoms with Gasteiger partial charge in [-0.05, 0) is 49.0 Å². The summed E-state index contributed by atoms with van der Waals surface area (Å²) in [5.74, 6) is 0. The van der Waals surface area contributed by atoms with Crippen LogP contribution in [0.15, 0.2) is 40.2 Å². The zero-order valence-corrected chi connectivity index (χ0v) is 15.2. The van der Waals surface area contributed by atoms with Crippen LogP contribution in [-0.4, -0.2) is 18.0 Å². The summed E-state index contributed by atoms with van der Waals surface area (Å²) < 4.78 is 1.16. The first kappa shape index (κ1) is 16.7. The van der Waals surface area contributed by atoms with Crippen molar-refractivity contribution in [1.82, 2.24) is 4.90 Å². The maximum atomic E-state index is 6.42. The predicted molar refractivity (Wildman–Crippen MR) is 95.7 cm³/mol. The summed E-state index contributed by atoms with van der Waals surface area (Å²) >= 11 is 5.45. The lowest BCUT2D eigenvalue weighted by molar-refractivity contribution is 0.204. The molecule has 0 aliphatic rings. The molecule has 2 rings (SSSR count). The fourth-order valence-corrected chi connectivity index (χ4v) is 4.20. The van der Waals surface area contributed by atoms with Gasteiger partial charge in [-0.1, -0.05) is 41.1 Å². The molecule has 1 aromatic heterocycles. The number of benzene rings is 1. The fourth-order valence-electron chi connectivity index (χ4n) is 2.63. The van der Waals surface area contributed by atoms with Crippen LogP contribution in [0.5, 0.6) is 0 Å². The minimum Gasteiger partial charge on any atom is -0.326 e. The van der Waals surface area contributed by atoms with Crippen molar-refractivity contribution in [3.63, 3.8) is 0 Å². The largest absolute Gasteiger partial charge is 0.326 e. The second-order valence-corrected chi connectivity index (χ2v) is 7.29. The monoisotopic (exact) mass is 366 g/mol. The van der Waals surface area contributed by atoms with Gasteiger partial charge in [0.25, 0.3) is 0 Å². The van der Waals surface area contributed by atoms with Crippen LogP contribution in [-0.2, 0) is 6.54 Å². The van der Waals surface area contributed by atoms with E-state index in [9.17, 15) is 0 Å². The molecule has 21 heavy (non-hydrogen) atoms. The number of thiophene rings is 1. The molecule has 0 bridgehead atoms. The average Bonchev–Trinajstić information content (AvgIpc) is 2.87. The fraction of sp³-hybridized carbons (Fsp3) is 0.412. The van der Waals surface area contributed by atoms with Gasteiger partial charge in [-0.3, -0.25) is 4.90 Å². The van der Waals surface area contributed by atoms with Gasteiger partial charge in [0.05, 0.1) is 6.04 Å². The molecule has 114 valence electrons. The van der Waals surface area contributed by atoms with Crippen LogP contribution in [0.3, 0.4) is 0 Å². The van der Waals surface area contributed by atoms with Crippen LogP contribution in [0.4, 0.5) is 0 Å². The van der Waals surface area contributed by atoms with Crippen LogP contribution in [0.25, 0.3) is 0 Å². The zero-order valence-electron chi connectivity index (χ0n) is 12.8. The third-order valence-corrected chi connectivity index (χ3v) is 5.76. The van der Waals surface area contributed by atoms with Gasteiger partial charge in [-0.25, -0.2) is 0 Å². The second-order valence-electron chi connectivity index (χ2n) is 5.49. The highest BCUT2D eigenvalue weighted by Crippen LogP contribution is 2.32. The van der Waals surface area contributed by atoms with E-state index in [0.29, 0.717) is 0 Å². The number of nitrogens with zero attached hydrogens (tertiary/aromatic N) is 1. The first-order valence-corrected chi connectivity index (χ1v) is 8.95. The molecule has 1 heterocycles. The van der Waals surface area contributed by atoms with Gasteiger partial charge in [0, 0.05) is 21.9 Å². The van der Waals surface area contributed by atoms with E-state index in [1.807, 2.05) is 17.4 Å². The van der Waals surface area contributed by atoms with Gasteiger partial charge in [-0.15, -0.1) is 11.3 Å². The first-order chi connectivity index (χ1) is 10.0. The Bertz CT molecular complexity index is 582. The van der Waals surface area contributed by atoms with Crippen molar-refractivity contribution in [2.75, 3.05) is 7.05 Å². The molecule has 0 spiro atoms. The third-order valence-electron chi connectivity index (χ3n) is 3.90. The third kappa shape index (κ3) is 3.95. The molecule has 0 fully saturated rings. The number of hydrogen-bond donors (Lipinski definition) is 1. The zero-order chi connectivity index (χ0) is 15.4. The molecule has 2 aromatic rings. The van der Waals surface area contributed by atoms with E-state index in [1.54, 1.807) is 0 Å². The Labute approximate surface area is 140 Å². The summed E-state index contributed by atoms with van der Waals surface area (Å²) in [5, 5.41) is 2.16. The van der Waals surface area contributed by atoms with Gasteiger partial charge in [0.1, 0.15) is 0 Å². The molecule has 0 amide bonds. The summed E-state index contributed by atoms with van der Waals surface area (Å²) in [7, 11) is 2.17. The van der Waals surface area contributed by atoms with Crippen molar-refractivity contribution in [2.24, 2.45) is 5.73 Å². The van der Waals surface area contributed by atoms with E-state index in [4.69, 9.17) is 5.73 Å². The molecule has 4 heteroatoms. The molecule has 0 aliphatic carbocycles. The highest BCUT2D eigenvalue weighted by atomic mass is 79.9. The smallest absolute Gasteiger partial charge is 0.0596 e. The van der Waals surface area contributed by atoms with E-state index >= 15 is 0 Å². The molecule has 0 saturated heterocycles. The minimum absolute atomic E-state index is 0.148. The molecule has 2 N–H and O–H groups in total. The SMILES string of the molecule is CCC(N)C(c1sccc1C)N(C)Cc1ccccc1Br. The quantitative estimate of drug-likeness (QED) is 0.800. The van der Waals surface area contributed by atoms with Crippen molar-refractivity contribution in [1.29, 1.82) is 0 Å². The normalized spacial score (nSPS) is 14.4. The van der Waals surface area contributed by atoms with E-state index in [2.05, 4.69) is 71.4 Å². The number of rotatable bonds is 6. The molecular weight excluding hydrogens is 344 g/mol.